The molecule has 0 spiro atoms. The fourth-order valence-electron chi connectivity index (χ4n) is 4.43. The normalized spacial score (nSPS) is 12.8. The summed E-state index contributed by atoms with van der Waals surface area (Å²) in [6, 6.07) is 9.60. The highest BCUT2D eigenvalue weighted by Gasteiger charge is 2.32. The number of H-pyrrole nitrogens is 2. The van der Waals surface area contributed by atoms with Gasteiger partial charge in [0.05, 0.1) is 21.9 Å². The van der Waals surface area contributed by atoms with Crippen LogP contribution in [-0.2, 0) is 20.2 Å². The Labute approximate surface area is 191 Å². The first-order chi connectivity index (χ1) is 15.8. The molecule has 174 valence electrons. The minimum Gasteiger partial charge on any atom is -0.354 e. The van der Waals surface area contributed by atoms with Crippen LogP contribution in [0.5, 0.6) is 0 Å². The van der Waals surface area contributed by atoms with Gasteiger partial charge in [0.25, 0.3) is 20.2 Å². The van der Waals surface area contributed by atoms with E-state index in [9.17, 15) is 35.5 Å². The van der Waals surface area contributed by atoms with Crippen LogP contribution in [0.3, 0.4) is 0 Å². The highest BCUT2D eigenvalue weighted by molar-refractivity contribution is 7.89. The predicted molar refractivity (Wildman–Crippen MR) is 127 cm³/mol. The van der Waals surface area contributed by atoms with Crippen LogP contribution in [0.1, 0.15) is 11.1 Å². The van der Waals surface area contributed by atoms with E-state index in [-0.39, 0.29) is 38.2 Å². The smallest absolute Gasteiger partial charge is 0.298 e. The summed E-state index contributed by atoms with van der Waals surface area (Å²) in [6.45, 7) is 2.62. The molecule has 5 aromatic rings. The maximum Gasteiger partial charge on any atom is 0.298 e. The second-order valence-corrected chi connectivity index (χ2v) is 10.7. The van der Waals surface area contributed by atoms with Crippen LogP contribution in [0.25, 0.3) is 43.6 Å². The second-order valence-electron chi connectivity index (χ2n) is 8.01. The van der Waals surface area contributed by atoms with Crippen LogP contribution in [0, 0.1) is 13.8 Å². The monoisotopic (exact) mass is 500 g/mol. The Morgan fingerprint density at radius 1 is 0.676 bits per heavy atom. The zero-order chi connectivity index (χ0) is 24.7. The Hall–Kier alpha value is -3.58. The third kappa shape index (κ3) is 3.07. The molecule has 0 fully saturated rings. The lowest BCUT2D eigenvalue weighted by Crippen LogP contribution is -2.17. The molecule has 5 rings (SSSR count). The molecule has 0 saturated carbocycles. The quantitative estimate of drug-likeness (QED) is 0.211. The van der Waals surface area contributed by atoms with Gasteiger partial charge in [-0.1, -0.05) is 12.1 Å². The fourth-order valence-corrected chi connectivity index (χ4v) is 6.74. The van der Waals surface area contributed by atoms with Gasteiger partial charge in [0.1, 0.15) is 9.79 Å². The van der Waals surface area contributed by atoms with Crippen LogP contribution in [-0.4, -0.2) is 35.9 Å². The maximum atomic E-state index is 13.5. The van der Waals surface area contributed by atoms with Gasteiger partial charge in [0, 0.05) is 21.7 Å². The minimum atomic E-state index is -5.22. The van der Waals surface area contributed by atoms with Crippen molar-refractivity contribution in [2.24, 2.45) is 0 Å². The zero-order valence-electron chi connectivity index (χ0n) is 17.6. The minimum absolute atomic E-state index is 0.0419. The van der Waals surface area contributed by atoms with Gasteiger partial charge in [-0.25, -0.2) is 0 Å². The van der Waals surface area contributed by atoms with Crippen LogP contribution in [0.4, 0.5) is 0 Å². The number of fused-ring (bicyclic) bond motifs is 4. The molecule has 0 radical (unpaired) electrons. The standard InChI is InChI=1S/C22H16N2O8S2/c1-9-10(2)21(33(27,28)29)22(34(30,31)32)18-17(9)20(26)13-8-15-12(7-16(13)24-18)19(25)11-5-3-4-6-14(11)23-15/h3-8H,1-2H3,(H,23,25)(H,24,26)(H,27,28,29)(H,30,31,32). The number of nitrogens with one attached hydrogen (secondary N) is 2. The number of hydrogen-bond acceptors (Lipinski definition) is 6. The summed E-state index contributed by atoms with van der Waals surface area (Å²) < 4.78 is 68.2. The van der Waals surface area contributed by atoms with Crippen LogP contribution in [0.15, 0.2) is 55.8 Å². The van der Waals surface area contributed by atoms with Crippen molar-refractivity contribution in [1.82, 2.24) is 9.97 Å². The van der Waals surface area contributed by atoms with Gasteiger partial charge in [-0.15, -0.1) is 0 Å². The van der Waals surface area contributed by atoms with Gasteiger partial charge >= 0.3 is 0 Å². The largest absolute Gasteiger partial charge is 0.354 e. The third-order valence-electron chi connectivity index (χ3n) is 6.05. The average Bonchev–Trinajstić information content (AvgIpc) is 2.74. The molecule has 0 aliphatic heterocycles. The van der Waals surface area contributed by atoms with Gasteiger partial charge < -0.3 is 9.97 Å². The van der Waals surface area contributed by atoms with E-state index in [0.29, 0.717) is 16.4 Å². The van der Waals surface area contributed by atoms with E-state index in [1.54, 1.807) is 24.3 Å². The molecule has 0 aliphatic carbocycles. The molecule has 0 aliphatic rings. The topological polar surface area (TPSA) is 174 Å². The number of benzene rings is 3. The SMILES string of the molecule is Cc1c(S(=O)(=O)O)c(S(=O)(=O)O)c2[nH]c3cc4c(=O)c5ccccc5[nH]c4cc3c(=O)c2c1C. The molecule has 2 aromatic heterocycles. The van der Waals surface area contributed by atoms with E-state index in [1.165, 1.54) is 26.0 Å². The first-order valence-corrected chi connectivity index (χ1v) is 12.7. The highest BCUT2D eigenvalue weighted by atomic mass is 32.2. The van der Waals surface area contributed by atoms with E-state index >= 15 is 0 Å². The van der Waals surface area contributed by atoms with Gasteiger partial charge in [0.15, 0.2) is 10.9 Å². The molecule has 34 heavy (non-hydrogen) atoms. The van der Waals surface area contributed by atoms with Crippen molar-refractivity contribution >= 4 is 63.8 Å². The summed E-state index contributed by atoms with van der Waals surface area (Å²) in [6.07, 6.45) is 0. The van der Waals surface area contributed by atoms with Crippen LogP contribution in [0.2, 0.25) is 0 Å². The molecular weight excluding hydrogens is 484 g/mol. The molecule has 0 atom stereocenters. The van der Waals surface area contributed by atoms with E-state index < -0.39 is 41.0 Å². The fraction of sp³-hybridized carbons (Fsp3) is 0.0909. The summed E-state index contributed by atoms with van der Waals surface area (Å²) in [4.78, 5) is 30.2. The molecule has 0 amide bonds. The molecule has 0 bridgehead atoms. The number of para-hydroxylation sites is 1. The Kier molecular flexibility index (Phi) is 4.55. The lowest BCUT2D eigenvalue weighted by atomic mass is 10.0. The van der Waals surface area contributed by atoms with Crippen molar-refractivity contribution in [2.75, 3.05) is 0 Å². The molecule has 3 aromatic carbocycles. The lowest BCUT2D eigenvalue weighted by molar-refractivity contribution is 0.466. The molecular formula is C22H16N2O8S2. The van der Waals surface area contributed by atoms with Crippen molar-refractivity contribution < 1.29 is 25.9 Å². The van der Waals surface area contributed by atoms with Gasteiger partial charge in [-0.05, 0) is 49.2 Å². The molecule has 10 nitrogen and oxygen atoms in total. The summed E-state index contributed by atoms with van der Waals surface area (Å²) in [7, 11) is -10.3. The average molecular weight is 501 g/mol. The predicted octanol–water partition coefficient (Wildman–Crippen LogP) is 2.79. The van der Waals surface area contributed by atoms with E-state index in [1.807, 2.05) is 0 Å². The zero-order valence-corrected chi connectivity index (χ0v) is 19.3. The van der Waals surface area contributed by atoms with Gasteiger partial charge in [-0.3, -0.25) is 18.7 Å². The van der Waals surface area contributed by atoms with E-state index in [0.717, 1.165) is 0 Å². The molecule has 2 heterocycles. The van der Waals surface area contributed by atoms with Crippen LogP contribution >= 0.6 is 0 Å². The number of aromatic nitrogens is 2. The Bertz CT molecular complexity index is 2070. The van der Waals surface area contributed by atoms with Gasteiger partial charge in [-0.2, -0.15) is 16.8 Å². The Balaban J connectivity index is 2.10. The number of aryl methyl sites for hydroxylation is 1. The van der Waals surface area contributed by atoms with Crippen molar-refractivity contribution in [3.63, 3.8) is 0 Å². The van der Waals surface area contributed by atoms with Gasteiger partial charge in [0.2, 0.25) is 0 Å². The number of pyridine rings is 2. The second kappa shape index (κ2) is 6.96. The lowest BCUT2D eigenvalue weighted by Gasteiger charge is -2.16. The van der Waals surface area contributed by atoms with Crippen molar-refractivity contribution in [1.29, 1.82) is 0 Å². The summed E-state index contributed by atoms with van der Waals surface area (Å²) in [5.74, 6) is 0. The summed E-state index contributed by atoms with van der Waals surface area (Å²) >= 11 is 0. The third-order valence-corrected chi connectivity index (χ3v) is 8.13. The van der Waals surface area contributed by atoms with Crippen molar-refractivity contribution in [3.8, 4) is 0 Å². The molecule has 0 saturated heterocycles. The van der Waals surface area contributed by atoms with Crippen molar-refractivity contribution in [2.45, 2.75) is 23.6 Å². The Morgan fingerprint density at radius 3 is 1.85 bits per heavy atom. The molecule has 12 heteroatoms. The highest BCUT2D eigenvalue weighted by Crippen LogP contribution is 2.35. The summed E-state index contributed by atoms with van der Waals surface area (Å²) in [5.41, 5.74) is -0.589. The first kappa shape index (κ1) is 22.2. The van der Waals surface area contributed by atoms with E-state index in [4.69, 9.17) is 0 Å². The number of hydrogen-bond donors (Lipinski definition) is 4. The number of aromatic amines is 2. The number of rotatable bonds is 2. The molecule has 4 N–H and O–H groups in total. The van der Waals surface area contributed by atoms with Crippen LogP contribution < -0.4 is 10.9 Å². The first-order valence-electron chi connectivity index (χ1n) is 9.83. The van der Waals surface area contributed by atoms with E-state index in [2.05, 4.69) is 9.97 Å². The molecule has 0 unspecified atom stereocenters. The van der Waals surface area contributed by atoms with Crippen molar-refractivity contribution in [3.05, 3.63) is 68.0 Å². The maximum absolute atomic E-state index is 13.5. The Morgan fingerprint density at radius 2 is 1.24 bits per heavy atom. The summed E-state index contributed by atoms with van der Waals surface area (Å²) in [5, 5.41) is 0.534.